The number of rotatable bonds is 2. The molecule has 3 rings (SSSR count). The van der Waals surface area contributed by atoms with Gasteiger partial charge in [-0.15, -0.1) is 0 Å². The molecule has 0 aliphatic carbocycles. The maximum absolute atomic E-state index is 12.5. The van der Waals surface area contributed by atoms with E-state index in [-0.39, 0.29) is 17.9 Å². The van der Waals surface area contributed by atoms with E-state index in [4.69, 9.17) is 10.2 Å². The quantitative estimate of drug-likeness (QED) is 0.913. The Morgan fingerprint density at radius 2 is 2.25 bits per heavy atom. The normalized spacial score (nSPS) is 21.1. The molecule has 1 fully saturated rings. The summed E-state index contributed by atoms with van der Waals surface area (Å²) >= 11 is 0. The third kappa shape index (κ3) is 2.43. The van der Waals surface area contributed by atoms with Gasteiger partial charge in [0, 0.05) is 24.5 Å². The Labute approximate surface area is 118 Å². The molecular weight excluding hydrogens is 252 g/mol. The van der Waals surface area contributed by atoms with Crippen LogP contribution in [0.5, 0.6) is 0 Å². The second-order valence-electron chi connectivity index (χ2n) is 5.59. The highest BCUT2D eigenvalue weighted by atomic mass is 16.3. The predicted octanol–water partition coefficient (Wildman–Crippen LogP) is 2.49. The number of benzene rings is 1. The molecule has 2 heterocycles. The number of hydrogen-bond donors (Lipinski definition) is 1. The van der Waals surface area contributed by atoms with Crippen molar-refractivity contribution in [2.24, 2.45) is 5.73 Å². The summed E-state index contributed by atoms with van der Waals surface area (Å²) in [7, 11) is 0. The number of fused-ring (bicyclic) bond motifs is 1. The number of furan rings is 1. The fraction of sp³-hybridized carbons (Fsp3) is 0.438. The Morgan fingerprint density at radius 3 is 3.00 bits per heavy atom. The molecule has 2 unspecified atom stereocenters. The summed E-state index contributed by atoms with van der Waals surface area (Å²) in [5, 5.41) is 1.04. The molecule has 0 saturated carbocycles. The molecule has 2 aromatic rings. The fourth-order valence-corrected chi connectivity index (χ4v) is 2.82. The SMILES string of the molecule is CC(C(=O)N1CCCC(N)C1)c1cc2ccccc2o1. The van der Waals surface area contributed by atoms with Gasteiger partial charge in [0.05, 0.1) is 5.92 Å². The average Bonchev–Trinajstić information content (AvgIpc) is 2.89. The van der Waals surface area contributed by atoms with Crippen molar-refractivity contribution in [1.82, 2.24) is 4.90 Å². The number of carbonyl (C=O) groups is 1. The third-order valence-corrected chi connectivity index (χ3v) is 4.01. The maximum Gasteiger partial charge on any atom is 0.233 e. The van der Waals surface area contributed by atoms with Gasteiger partial charge in [0.1, 0.15) is 11.3 Å². The van der Waals surface area contributed by atoms with Gasteiger partial charge in [0.15, 0.2) is 0 Å². The van der Waals surface area contributed by atoms with Gasteiger partial charge in [-0.05, 0) is 31.9 Å². The minimum Gasteiger partial charge on any atom is -0.460 e. The molecule has 4 heteroatoms. The van der Waals surface area contributed by atoms with Crippen LogP contribution in [0.2, 0.25) is 0 Å². The Morgan fingerprint density at radius 1 is 1.45 bits per heavy atom. The number of para-hydroxylation sites is 1. The molecule has 1 amide bonds. The Hall–Kier alpha value is -1.81. The van der Waals surface area contributed by atoms with Crippen LogP contribution in [0.3, 0.4) is 0 Å². The summed E-state index contributed by atoms with van der Waals surface area (Å²) in [5.41, 5.74) is 6.78. The second-order valence-corrected chi connectivity index (χ2v) is 5.59. The highest BCUT2D eigenvalue weighted by Gasteiger charge is 2.27. The van der Waals surface area contributed by atoms with E-state index >= 15 is 0 Å². The topological polar surface area (TPSA) is 59.5 Å². The molecule has 1 aromatic heterocycles. The molecule has 0 spiro atoms. The second kappa shape index (κ2) is 5.29. The van der Waals surface area contributed by atoms with Crippen molar-refractivity contribution >= 4 is 16.9 Å². The van der Waals surface area contributed by atoms with E-state index in [1.807, 2.05) is 42.2 Å². The monoisotopic (exact) mass is 272 g/mol. The zero-order valence-electron chi connectivity index (χ0n) is 11.7. The summed E-state index contributed by atoms with van der Waals surface area (Å²) in [6.45, 7) is 3.36. The number of amides is 1. The molecule has 1 aliphatic rings. The van der Waals surface area contributed by atoms with Gasteiger partial charge in [-0.25, -0.2) is 0 Å². The number of carbonyl (C=O) groups excluding carboxylic acids is 1. The van der Waals surface area contributed by atoms with Gasteiger partial charge in [0.2, 0.25) is 5.91 Å². The van der Waals surface area contributed by atoms with E-state index in [2.05, 4.69) is 0 Å². The number of piperidine rings is 1. The van der Waals surface area contributed by atoms with Gasteiger partial charge in [-0.1, -0.05) is 18.2 Å². The summed E-state index contributed by atoms with van der Waals surface area (Å²) in [6, 6.07) is 9.89. The summed E-state index contributed by atoms with van der Waals surface area (Å²) in [4.78, 5) is 14.4. The summed E-state index contributed by atoms with van der Waals surface area (Å²) < 4.78 is 5.79. The highest BCUT2D eigenvalue weighted by molar-refractivity contribution is 5.85. The van der Waals surface area contributed by atoms with E-state index in [0.717, 1.165) is 36.1 Å². The molecule has 2 atom stereocenters. The van der Waals surface area contributed by atoms with Crippen LogP contribution in [0.25, 0.3) is 11.0 Å². The van der Waals surface area contributed by atoms with Crippen LogP contribution in [0.1, 0.15) is 31.4 Å². The van der Waals surface area contributed by atoms with Crippen molar-refractivity contribution in [3.8, 4) is 0 Å². The highest BCUT2D eigenvalue weighted by Crippen LogP contribution is 2.27. The van der Waals surface area contributed by atoms with Crippen molar-refractivity contribution in [3.05, 3.63) is 36.1 Å². The minimum atomic E-state index is -0.257. The van der Waals surface area contributed by atoms with Crippen molar-refractivity contribution in [2.75, 3.05) is 13.1 Å². The van der Waals surface area contributed by atoms with Crippen LogP contribution in [0, 0.1) is 0 Å². The smallest absolute Gasteiger partial charge is 0.233 e. The van der Waals surface area contributed by atoms with Crippen LogP contribution in [-0.4, -0.2) is 29.9 Å². The third-order valence-electron chi connectivity index (χ3n) is 4.01. The Balaban J connectivity index is 1.80. The van der Waals surface area contributed by atoms with Gasteiger partial charge in [-0.2, -0.15) is 0 Å². The zero-order valence-corrected chi connectivity index (χ0v) is 11.7. The molecule has 0 radical (unpaired) electrons. The number of hydrogen-bond acceptors (Lipinski definition) is 3. The average molecular weight is 272 g/mol. The van der Waals surface area contributed by atoms with Gasteiger partial charge < -0.3 is 15.1 Å². The molecule has 0 bridgehead atoms. The number of nitrogens with two attached hydrogens (primary N) is 1. The van der Waals surface area contributed by atoms with E-state index in [1.165, 1.54) is 0 Å². The van der Waals surface area contributed by atoms with Gasteiger partial charge in [0.25, 0.3) is 0 Å². The van der Waals surface area contributed by atoms with E-state index in [0.29, 0.717) is 6.54 Å². The predicted molar refractivity (Wildman–Crippen MR) is 78.4 cm³/mol. The fourth-order valence-electron chi connectivity index (χ4n) is 2.82. The Kier molecular flexibility index (Phi) is 3.49. The van der Waals surface area contributed by atoms with Crippen LogP contribution < -0.4 is 5.73 Å². The van der Waals surface area contributed by atoms with Crippen molar-refractivity contribution in [1.29, 1.82) is 0 Å². The van der Waals surface area contributed by atoms with Gasteiger partial charge in [-0.3, -0.25) is 4.79 Å². The van der Waals surface area contributed by atoms with Crippen molar-refractivity contribution in [2.45, 2.75) is 31.7 Å². The first kappa shape index (κ1) is 13.2. The molecular formula is C16H20N2O2. The lowest BCUT2D eigenvalue weighted by Gasteiger charge is -2.32. The lowest BCUT2D eigenvalue weighted by atomic mass is 10.0. The van der Waals surface area contributed by atoms with Crippen LogP contribution >= 0.6 is 0 Å². The van der Waals surface area contributed by atoms with E-state index in [1.54, 1.807) is 0 Å². The first-order chi connectivity index (χ1) is 9.65. The van der Waals surface area contributed by atoms with Crippen molar-refractivity contribution < 1.29 is 9.21 Å². The molecule has 2 N–H and O–H groups in total. The minimum absolute atomic E-state index is 0.107. The molecule has 4 nitrogen and oxygen atoms in total. The first-order valence-electron chi connectivity index (χ1n) is 7.18. The largest absolute Gasteiger partial charge is 0.460 e. The van der Waals surface area contributed by atoms with E-state index < -0.39 is 0 Å². The first-order valence-corrected chi connectivity index (χ1v) is 7.18. The Bertz CT molecular complexity index is 587. The summed E-state index contributed by atoms with van der Waals surface area (Å²) in [6.07, 6.45) is 1.99. The van der Waals surface area contributed by atoms with Gasteiger partial charge >= 0.3 is 0 Å². The summed E-state index contributed by atoms with van der Waals surface area (Å²) in [5.74, 6) is 0.585. The number of nitrogens with zero attached hydrogens (tertiary/aromatic N) is 1. The maximum atomic E-state index is 12.5. The number of likely N-dealkylation sites (tertiary alicyclic amines) is 1. The van der Waals surface area contributed by atoms with E-state index in [9.17, 15) is 4.79 Å². The lowest BCUT2D eigenvalue weighted by Crippen LogP contribution is -2.47. The molecule has 1 aliphatic heterocycles. The molecule has 106 valence electrons. The standard InChI is InChI=1S/C16H20N2O2/c1-11(16(19)18-8-4-6-13(17)10-18)15-9-12-5-2-3-7-14(12)20-15/h2-3,5,7,9,11,13H,4,6,8,10,17H2,1H3. The molecule has 1 aromatic carbocycles. The van der Waals surface area contributed by atoms with Crippen LogP contribution in [-0.2, 0) is 4.79 Å². The zero-order chi connectivity index (χ0) is 14.1. The van der Waals surface area contributed by atoms with Crippen LogP contribution in [0.4, 0.5) is 0 Å². The van der Waals surface area contributed by atoms with Crippen LogP contribution in [0.15, 0.2) is 34.7 Å². The molecule has 20 heavy (non-hydrogen) atoms. The lowest BCUT2D eigenvalue weighted by molar-refractivity contribution is -0.133. The van der Waals surface area contributed by atoms with Crippen molar-refractivity contribution in [3.63, 3.8) is 0 Å². The molecule has 1 saturated heterocycles.